The van der Waals surface area contributed by atoms with Gasteiger partial charge in [0, 0.05) is 11.1 Å². The van der Waals surface area contributed by atoms with Crippen molar-refractivity contribution in [3.05, 3.63) is 75.5 Å². The smallest absolute Gasteiger partial charge is 0.281 e. The molecule has 0 saturated carbocycles. The number of amides is 1. The van der Waals surface area contributed by atoms with E-state index in [1.54, 1.807) is 18.2 Å². The largest absolute Gasteiger partial charge is 0.455 e. The summed E-state index contributed by atoms with van der Waals surface area (Å²) in [6.45, 7) is 0. The molecule has 0 unspecified atom stereocenters. The molecule has 2 heterocycles. The first-order chi connectivity index (χ1) is 15.0. The molecular weight excluding hydrogens is 444 g/mol. The Kier molecular flexibility index (Phi) is 6.01. The SMILES string of the molecule is O=C(CSc1nc2ccccc2o1)N/N=C\c1ccc(-c2ccc(Cl)cc2[N+](=O)[O-])o1. The lowest BCUT2D eigenvalue weighted by Crippen LogP contribution is -2.19. The van der Waals surface area contributed by atoms with Gasteiger partial charge in [-0.1, -0.05) is 35.5 Å². The summed E-state index contributed by atoms with van der Waals surface area (Å²) in [5.41, 5.74) is 3.86. The van der Waals surface area contributed by atoms with Crippen molar-refractivity contribution in [1.82, 2.24) is 10.4 Å². The average Bonchev–Trinajstić information content (AvgIpc) is 3.39. The number of aromatic nitrogens is 1. The number of carbonyl (C=O) groups excluding carboxylic acids is 1. The Morgan fingerprint density at radius 2 is 2.06 bits per heavy atom. The molecule has 4 rings (SSSR count). The number of carbonyl (C=O) groups is 1. The molecule has 0 atom stereocenters. The molecule has 9 nitrogen and oxygen atoms in total. The van der Waals surface area contributed by atoms with Crippen LogP contribution in [0.15, 0.2) is 73.8 Å². The fourth-order valence-corrected chi connectivity index (χ4v) is 3.47. The highest BCUT2D eigenvalue weighted by Gasteiger charge is 2.18. The number of benzene rings is 2. The van der Waals surface area contributed by atoms with Gasteiger partial charge in [-0.05, 0) is 36.4 Å². The second kappa shape index (κ2) is 9.02. The van der Waals surface area contributed by atoms with Crippen LogP contribution in [0.5, 0.6) is 0 Å². The van der Waals surface area contributed by atoms with E-state index in [0.717, 1.165) is 17.3 Å². The van der Waals surface area contributed by atoms with Crippen molar-refractivity contribution in [1.29, 1.82) is 0 Å². The van der Waals surface area contributed by atoms with Gasteiger partial charge in [0.1, 0.15) is 17.0 Å². The van der Waals surface area contributed by atoms with E-state index in [-0.39, 0.29) is 33.7 Å². The van der Waals surface area contributed by atoms with Gasteiger partial charge in [-0.3, -0.25) is 14.9 Å². The van der Waals surface area contributed by atoms with Crippen LogP contribution >= 0.6 is 23.4 Å². The quantitative estimate of drug-likeness (QED) is 0.181. The number of hydrazone groups is 1. The minimum absolute atomic E-state index is 0.0601. The summed E-state index contributed by atoms with van der Waals surface area (Å²) >= 11 is 6.97. The van der Waals surface area contributed by atoms with Gasteiger partial charge in [-0.25, -0.2) is 10.4 Å². The average molecular weight is 457 g/mol. The Balaban J connectivity index is 1.35. The van der Waals surface area contributed by atoms with Gasteiger partial charge in [-0.15, -0.1) is 0 Å². The molecule has 1 amide bonds. The number of nitrogens with zero attached hydrogens (tertiary/aromatic N) is 3. The number of halogens is 1. The predicted octanol–water partition coefficient (Wildman–Crippen LogP) is 4.89. The van der Waals surface area contributed by atoms with Crippen LogP contribution in [0.1, 0.15) is 5.76 Å². The third-order valence-corrected chi connectivity index (χ3v) is 5.09. The summed E-state index contributed by atoms with van der Waals surface area (Å²) in [6.07, 6.45) is 1.30. The zero-order valence-electron chi connectivity index (χ0n) is 15.6. The predicted molar refractivity (Wildman–Crippen MR) is 116 cm³/mol. The number of rotatable bonds is 7. The number of nitrogens with one attached hydrogen (secondary N) is 1. The molecule has 0 spiro atoms. The summed E-state index contributed by atoms with van der Waals surface area (Å²) in [7, 11) is 0. The summed E-state index contributed by atoms with van der Waals surface area (Å²) in [5.74, 6) is 0.294. The molecule has 0 aliphatic rings. The highest BCUT2D eigenvalue weighted by Crippen LogP contribution is 2.33. The Hall–Kier alpha value is -3.63. The number of hydrogen-bond donors (Lipinski definition) is 1. The highest BCUT2D eigenvalue weighted by atomic mass is 35.5. The van der Waals surface area contributed by atoms with Crippen LogP contribution in [-0.2, 0) is 4.79 Å². The molecule has 0 saturated heterocycles. The van der Waals surface area contributed by atoms with Crippen molar-refractivity contribution in [3.8, 4) is 11.3 Å². The first-order valence-corrected chi connectivity index (χ1v) is 10.2. The van der Waals surface area contributed by atoms with Crippen LogP contribution < -0.4 is 5.43 Å². The number of hydrogen-bond acceptors (Lipinski definition) is 8. The van der Waals surface area contributed by atoms with Gasteiger partial charge in [-0.2, -0.15) is 5.10 Å². The first-order valence-electron chi connectivity index (χ1n) is 8.84. The monoisotopic (exact) mass is 456 g/mol. The number of thioether (sulfide) groups is 1. The number of nitro groups is 1. The molecular formula is C20H13ClN4O5S. The molecule has 2 aromatic heterocycles. The zero-order valence-corrected chi connectivity index (χ0v) is 17.2. The number of oxazole rings is 1. The van der Waals surface area contributed by atoms with Crippen molar-refractivity contribution in [2.75, 3.05) is 5.75 Å². The van der Waals surface area contributed by atoms with Gasteiger partial charge < -0.3 is 8.83 Å². The normalized spacial score (nSPS) is 11.3. The summed E-state index contributed by atoms with van der Waals surface area (Å²) in [4.78, 5) is 26.9. The van der Waals surface area contributed by atoms with Crippen molar-refractivity contribution < 1.29 is 18.6 Å². The van der Waals surface area contributed by atoms with E-state index in [1.807, 2.05) is 18.2 Å². The lowest BCUT2D eigenvalue weighted by Gasteiger charge is -2.00. The standard InChI is InChI=1S/C20H13ClN4O5S/c21-12-5-7-14(16(9-12)25(27)28)17-8-6-13(29-17)10-22-24-19(26)11-31-20-23-15-3-1-2-4-18(15)30-20/h1-10H,11H2,(H,24,26)/b22-10-. The fraction of sp³-hybridized carbons (Fsp3) is 0.0500. The summed E-state index contributed by atoms with van der Waals surface area (Å²) in [6, 6.07) is 14.8. The molecule has 156 valence electrons. The summed E-state index contributed by atoms with van der Waals surface area (Å²) < 4.78 is 11.1. The van der Waals surface area contributed by atoms with Gasteiger partial charge in [0.2, 0.25) is 0 Å². The Labute approximate surface area is 184 Å². The van der Waals surface area contributed by atoms with Crippen LogP contribution in [-0.4, -0.2) is 27.8 Å². The maximum Gasteiger partial charge on any atom is 0.281 e. The van der Waals surface area contributed by atoms with E-state index in [2.05, 4.69) is 15.5 Å². The molecule has 4 aromatic rings. The van der Waals surface area contributed by atoms with Gasteiger partial charge in [0.15, 0.2) is 5.58 Å². The first kappa shape index (κ1) is 20.6. The summed E-state index contributed by atoms with van der Waals surface area (Å²) in [5, 5.41) is 15.7. The van der Waals surface area contributed by atoms with Crippen molar-refractivity contribution in [3.63, 3.8) is 0 Å². The molecule has 0 fully saturated rings. The zero-order chi connectivity index (χ0) is 21.8. The Bertz CT molecular complexity index is 1270. The third-order valence-electron chi connectivity index (χ3n) is 4.03. The minimum atomic E-state index is -0.535. The molecule has 0 bridgehead atoms. The highest BCUT2D eigenvalue weighted by molar-refractivity contribution is 7.99. The molecule has 11 heteroatoms. The van der Waals surface area contributed by atoms with Crippen molar-refractivity contribution >= 4 is 52.3 Å². The Morgan fingerprint density at radius 3 is 2.87 bits per heavy atom. The van der Waals surface area contributed by atoms with E-state index >= 15 is 0 Å². The van der Waals surface area contributed by atoms with E-state index in [9.17, 15) is 14.9 Å². The van der Waals surface area contributed by atoms with Gasteiger partial charge in [0.05, 0.1) is 22.5 Å². The number of nitro benzene ring substituents is 1. The number of para-hydroxylation sites is 2. The molecule has 0 aliphatic heterocycles. The van der Waals surface area contributed by atoms with E-state index in [0.29, 0.717) is 16.6 Å². The van der Waals surface area contributed by atoms with Crippen molar-refractivity contribution in [2.45, 2.75) is 5.22 Å². The maximum atomic E-state index is 12.0. The number of fused-ring (bicyclic) bond motifs is 1. The van der Waals surface area contributed by atoms with E-state index < -0.39 is 4.92 Å². The second-order valence-electron chi connectivity index (χ2n) is 6.15. The molecule has 0 aliphatic carbocycles. The fourth-order valence-electron chi connectivity index (χ4n) is 2.67. The molecule has 2 aromatic carbocycles. The molecule has 0 radical (unpaired) electrons. The topological polar surface area (TPSA) is 124 Å². The third kappa shape index (κ3) is 4.93. The van der Waals surface area contributed by atoms with E-state index in [1.165, 1.54) is 24.4 Å². The van der Waals surface area contributed by atoms with Crippen LogP contribution in [0.3, 0.4) is 0 Å². The molecule has 31 heavy (non-hydrogen) atoms. The van der Waals surface area contributed by atoms with Crippen LogP contribution in [0.2, 0.25) is 5.02 Å². The van der Waals surface area contributed by atoms with Gasteiger partial charge in [0.25, 0.3) is 16.8 Å². The molecule has 1 N–H and O–H groups in total. The van der Waals surface area contributed by atoms with Crippen molar-refractivity contribution in [2.24, 2.45) is 5.10 Å². The van der Waals surface area contributed by atoms with Crippen LogP contribution in [0.25, 0.3) is 22.4 Å². The van der Waals surface area contributed by atoms with Crippen LogP contribution in [0.4, 0.5) is 5.69 Å². The number of furan rings is 1. The second-order valence-corrected chi connectivity index (χ2v) is 7.51. The Morgan fingerprint density at radius 1 is 1.23 bits per heavy atom. The van der Waals surface area contributed by atoms with Crippen LogP contribution in [0, 0.1) is 10.1 Å². The lowest BCUT2D eigenvalue weighted by molar-refractivity contribution is -0.384. The minimum Gasteiger partial charge on any atom is -0.455 e. The van der Waals surface area contributed by atoms with E-state index in [4.69, 9.17) is 20.4 Å². The maximum absolute atomic E-state index is 12.0. The van der Waals surface area contributed by atoms with Gasteiger partial charge >= 0.3 is 0 Å². The lowest BCUT2D eigenvalue weighted by atomic mass is 10.1.